The molecule has 31 heavy (non-hydrogen) atoms. The summed E-state index contributed by atoms with van der Waals surface area (Å²) in [5, 5.41) is 0. The molecule has 1 spiro atoms. The van der Waals surface area contributed by atoms with Crippen LogP contribution >= 0.6 is 0 Å². The molecule has 0 radical (unpaired) electrons. The smallest absolute Gasteiger partial charge is 0.311 e. The zero-order valence-electron chi connectivity index (χ0n) is 19.1. The molecule has 7 atom stereocenters. The maximum Gasteiger partial charge on any atom is 0.311 e. The number of benzene rings is 1. The number of nitrogens with zero attached hydrogens (tertiary/aromatic N) is 1. The summed E-state index contributed by atoms with van der Waals surface area (Å²) in [6, 6.07) is 8.65. The van der Waals surface area contributed by atoms with Crippen LogP contribution in [0.2, 0.25) is 0 Å². The number of carbonyl (C=O) groups is 1. The van der Waals surface area contributed by atoms with Crippen LogP contribution in [0.3, 0.4) is 0 Å². The van der Waals surface area contributed by atoms with Gasteiger partial charge in [-0.25, -0.2) is 9.78 Å². The Morgan fingerprint density at radius 3 is 2.58 bits per heavy atom. The molecular weight excluding hydrogens is 394 g/mol. The quantitative estimate of drug-likeness (QED) is 0.509. The molecule has 6 nitrogen and oxygen atoms in total. The Kier molecular flexibility index (Phi) is 5.31. The number of ether oxygens (including phenoxy) is 2. The van der Waals surface area contributed by atoms with E-state index < -0.39 is 17.7 Å². The van der Waals surface area contributed by atoms with Gasteiger partial charge in [-0.15, -0.1) is 0 Å². The van der Waals surface area contributed by atoms with Crippen LogP contribution < -0.4 is 4.90 Å². The Labute approximate surface area is 185 Å². The Morgan fingerprint density at radius 1 is 1.06 bits per heavy atom. The molecule has 4 aliphatic heterocycles. The fraction of sp³-hybridized carbons (Fsp3) is 0.720. The van der Waals surface area contributed by atoms with Crippen molar-refractivity contribution in [1.82, 2.24) is 0 Å². The van der Waals surface area contributed by atoms with E-state index in [1.807, 2.05) is 21.0 Å². The maximum atomic E-state index is 13.1. The van der Waals surface area contributed by atoms with Gasteiger partial charge in [-0.05, 0) is 69.1 Å². The summed E-state index contributed by atoms with van der Waals surface area (Å²) in [7, 11) is 4.09. The first-order valence-corrected chi connectivity index (χ1v) is 11.8. The molecular formula is C25H35NO5. The van der Waals surface area contributed by atoms with Crippen LogP contribution in [0.1, 0.15) is 57.9 Å². The first-order chi connectivity index (χ1) is 14.8. The molecule has 0 amide bonds. The molecule has 0 aromatic heterocycles. The fourth-order valence-electron chi connectivity index (χ4n) is 6.42. The van der Waals surface area contributed by atoms with E-state index in [1.165, 1.54) is 11.3 Å². The molecule has 0 unspecified atom stereocenters. The van der Waals surface area contributed by atoms with Gasteiger partial charge in [-0.1, -0.05) is 19.1 Å². The van der Waals surface area contributed by atoms with Gasteiger partial charge in [-0.3, -0.25) is 4.79 Å². The molecule has 1 saturated carbocycles. The zero-order valence-corrected chi connectivity index (χ0v) is 19.1. The Hall–Kier alpha value is -1.63. The van der Waals surface area contributed by atoms with Crippen LogP contribution in [0.5, 0.6) is 0 Å². The van der Waals surface area contributed by atoms with Gasteiger partial charge in [0, 0.05) is 38.0 Å². The van der Waals surface area contributed by atoms with Crippen LogP contribution in [-0.4, -0.2) is 37.7 Å². The Balaban J connectivity index is 1.33. The van der Waals surface area contributed by atoms with Crippen molar-refractivity contribution in [2.24, 2.45) is 23.7 Å². The predicted molar refractivity (Wildman–Crippen MR) is 116 cm³/mol. The molecule has 4 saturated heterocycles. The first kappa shape index (κ1) is 21.2. The summed E-state index contributed by atoms with van der Waals surface area (Å²) in [6.07, 6.45) is 5.84. The normalized spacial score (nSPS) is 41.3. The highest BCUT2D eigenvalue weighted by Gasteiger charge is 2.70. The van der Waals surface area contributed by atoms with Crippen molar-refractivity contribution in [2.45, 2.75) is 76.5 Å². The monoisotopic (exact) mass is 429 g/mol. The third-order valence-electron chi connectivity index (χ3n) is 8.22. The van der Waals surface area contributed by atoms with E-state index in [0.717, 1.165) is 44.9 Å². The summed E-state index contributed by atoms with van der Waals surface area (Å²) in [6.45, 7) is 4.18. The summed E-state index contributed by atoms with van der Waals surface area (Å²) >= 11 is 0. The number of hydrogen-bond acceptors (Lipinski definition) is 6. The van der Waals surface area contributed by atoms with Crippen molar-refractivity contribution in [2.75, 3.05) is 19.0 Å². The van der Waals surface area contributed by atoms with Gasteiger partial charge in [-0.2, -0.15) is 0 Å². The molecule has 170 valence electrons. The topological polar surface area (TPSA) is 57.2 Å². The second-order valence-corrected chi connectivity index (χ2v) is 10.4. The molecule has 1 aliphatic carbocycles. The van der Waals surface area contributed by atoms with E-state index in [-0.39, 0.29) is 23.7 Å². The fourth-order valence-corrected chi connectivity index (χ4v) is 6.42. The molecule has 6 heteroatoms. The second-order valence-electron chi connectivity index (χ2n) is 10.4. The maximum absolute atomic E-state index is 13.1. The van der Waals surface area contributed by atoms with Gasteiger partial charge in [0.05, 0.1) is 5.92 Å². The lowest BCUT2D eigenvalue weighted by Crippen LogP contribution is -2.70. The molecule has 6 rings (SSSR count). The average Bonchev–Trinajstić information content (AvgIpc) is 2.97. The summed E-state index contributed by atoms with van der Waals surface area (Å²) < 4.78 is 12.1. The molecule has 5 aliphatic rings. The summed E-state index contributed by atoms with van der Waals surface area (Å²) in [5.74, 6) is -0.255. The van der Waals surface area contributed by atoms with Crippen LogP contribution in [0.4, 0.5) is 5.69 Å². The SMILES string of the molecule is C[C@@H]1CC[C@H]2[C@@H](CCCc3ccc(N(C)C)cc3)C(=O)O[C@@H]3O[C@@]4(C)CC[C@@H]1[C@]32OO4. The van der Waals surface area contributed by atoms with Gasteiger partial charge in [0.1, 0.15) is 0 Å². The average molecular weight is 430 g/mol. The van der Waals surface area contributed by atoms with Crippen molar-refractivity contribution in [3.63, 3.8) is 0 Å². The number of carbonyl (C=O) groups excluding carboxylic acids is 1. The van der Waals surface area contributed by atoms with E-state index in [0.29, 0.717) is 5.92 Å². The molecule has 5 fully saturated rings. The zero-order chi connectivity index (χ0) is 21.8. The number of esters is 1. The number of fused-ring (bicyclic) bond motifs is 2. The van der Waals surface area contributed by atoms with Crippen LogP contribution in [0.15, 0.2) is 24.3 Å². The van der Waals surface area contributed by atoms with Crippen molar-refractivity contribution in [3.05, 3.63) is 29.8 Å². The lowest BCUT2D eigenvalue weighted by atomic mass is 9.57. The van der Waals surface area contributed by atoms with Crippen molar-refractivity contribution in [1.29, 1.82) is 0 Å². The van der Waals surface area contributed by atoms with Crippen LogP contribution in [-0.2, 0) is 30.5 Å². The van der Waals surface area contributed by atoms with E-state index in [9.17, 15) is 4.79 Å². The van der Waals surface area contributed by atoms with Crippen molar-refractivity contribution >= 4 is 11.7 Å². The van der Waals surface area contributed by atoms with E-state index in [4.69, 9.17) is 19.2 Å². The minimum absolute atomic E-state index is 0.0821. The van der Waals surface area contributed by atoms with Gasteiger partial charge >= 0.3 is 5.97 Å². The molecule has 2 bridgehead atoms. The summed E-state index contributed by atoms with van der Waals surface area (Å²) in [4.78, 5) is 27.2. The number of hydrogen-bond donors (Lipinski definition) is 0. The van der Waals surface area contributed by atoms with Gasteiger partial charge in [0.25, 0.3) is 0 Å². The van der Waals surface area contributed by atoms with Gasteiger partial charge in [0.2, 0.25) is 12.1 Å². The minimum atomic E-state index is -0.830. The number of aryl methyl sites for hydroxylation is 1. The minimum Gasteiger partial charge on any atom is -0.432 e. The molecule has 0 N–H and O–H groups in total. The molecule has 1 aromatic carbocycles. The van der Waals surface area contributed by atoms with Crippen molar-refractivity contribution in [3.8, 4) is 0 Å². The number of rotatable bonds is 5. The molecule has 1 aromatic rings. The van der Waals surface area contributed by atoms with Gasteiger partial charge in [0.15, 0.2) is 5.60 Å². The second kappa shape index (κ2) is 7.75. The van der Waals surface area contributed by atoms with Crippen LogP contribution in [0.25, 0.3) is 0 Å². The van der Waals surface area contributed by atoms with E-state index >= 15 is 0 Å². The lowest BCUT2D eigenvalue weighted by molar-refractivity contribution is -0.559. The summed E-state index contributed by atoms with van der Waals surface area (Å²) in [5.41, 5.74) is 1.83. The molecule has 4 heterocycles. The highest BCUT2D eigenvalue weighted by atomic mass is 17.3. The Bertz CT molecular complexity index is 826. The standard InChI is InChI=1S/C25H35NO5/c1-16-8-13-21-19(7-5-6-17-9-11-18(12-10-17)26(3)4)22(27)28-23-25(21)20(16)14-15-24(2,29-23)30-31-25/h9-12,16,19-21,23H,5-8,13-15H2,1-4H3/t16-,19-,20+,21+,23-,24-,25-/m1/s1. The largest absolute Gasteiger partial charge is 0.432 e. The Morgan fingerprint density at radius 2 is 1.84 bits per heavy atom. The predicted octanol–water partition coefficient (Wildman–Crippen LogP) is 4.46. The van der Waals surface area contributed by atoms with Crippen LogP contribution in [0, 0.1) is 23.7 Å². The van der Waals surface area contributed by atoms with E-state index in [1.54, 1.807) is 0 Å². The third kappa shape index (κ3) is 3.47. The van der Waals surface area contributed by atoms with E-state index in [2.05, 4.69) is 36.1 Å². The lowest BCUT2D eigenvalue weighted by Gasteiger charge is -2.58. The first-order valence-electron chi connectivity index (χ1n) is 11.8. The third-order valence-corrected chi connectivity index (χ3v) is 8.22. The highest BCUT2D eigenvalue weighted by Crippen LogP contribution is 2.60. The highest BCUT2D eigenvalue weighted by molar-refractivity contribution is 5.74. The number of anilines is 1. The van der Waals surface area contributed by atoms with Crippen molar-refractivity contribution < 1.29 is 24.0 Å². The van der Waals surface area contributed by atoms with Gasteiger partial charge < -0.3 is 14.4 Å².